The van der Waals surface area contributed by atoms with Crippen molar-refractivity contribution < 1.29 is 18.7 Å². The molecule has 1 saturated heterocycles. The van der Waals surface area contributed by atoms with Gasteiger partial charge in [0.15, 0.2) is 0 Å². The van der Waals surface area contributed by atoms with Crippen LogP contribution in [0, 0.1) is 5.82 Å². The van der Waals surface area contributed by atoms with E-state index in [-0.39, 0.29) is 11.7 Å². The molecular weight excluding hydrogens is 409 g/mol. The quantitative estimate of drug-likeness (QED) is 0.621. The molecule has 0 aliphatic carbocycles. The van der Waals surface area contributed by atoms with Gasteiger partial charge in [-0.2, -0.15) is 0 Å². The number of piperazine rings is 1. The van der Waals surface area contributed by atoms with E-state index in [1.807, 2.05) is 17.9 Å². The lowest BCUT2D eigenvalue weighted by atomic mass is 10.0. The molecule has 1 fully saturated rings. The molecule has 32 heavy (non-hydrogen) atoms. The molecule has 2 heterocycles. The molecule has 2 aliphatic heterocycles. The fourth-order valence-electron chi connectivity index (χ4n) is 4.17. The van der Waals surface area contributed by atoms with E-state index < -0.39 is 5.91 Å². The number of ether oxygens (including phenoxy) is 1. The molecule has 2 aromatic carbocycles. The summed E-state index contributed by atoms with van der Waals surface area (Å²) in [5, 5.41) is 0. The van der Waals surface area contributed by atoms with Crippen molar-refractivity contribution >= 4 is 23.1 Å². The molecule has 2 aliphatic rings. The summed E-state index contributed by atoms with van der Waals surface area (Å²) in [4.78, 5) is 32.9. The molecule has 0 unspecified atom stereocenters. The van der Waals surface area contributed by atoms with Crippen molar-refractivity contribution in [3.63, 3.8) is 0 Å². The molecule has 0 spiro atoms. The number of halogens is 1. The molecule has 168 valence electrons. The Morgan fingerprint density at radius 3 is 2.25 bits per heavy atom. The summed E-state index contributed by atoms with van der Waals surface area (Å²) in [6.07, 6.45) is 0.808. The highest BCUT2D eigenvalue weighted by Gasteiger charge is 2.43. The minimum absolute atomic E-state index is 0.310. The van der Waals surface area contributed by atoms with E-state index in [0.717, 1.165) is 26.1 Å². The molecular formula is C25H28FN3O3. The maximum absolute atomic E-state index is 13.7. The fraction of sp³-hybridized carbons (Fsp3) is 0.360. The third-order valence-corrected chi connectivity index (χ3v) is 5.90. The van der Waals surface area contributed by atoms with Crippen LogP contribution in [0.15, 0.2) is 54.2 Å². The number of benzene rings is 2. The molecule has 7 heteroatoms. The normalized spacial score (nSPS) is 17.5. The topological polar surface area (TPSA) is 53.1 Å². The number of likely N-dealkylation sites (N-methyl/N-ethyl adjacent to an activating group) is 1. The SMILES string of the molecule is CCCOc1ccccc1N1C(=O)C(c2ccc(F)cc2)=C(N2CCN(CC)CC2)C1=O. The largest absolute Gasteiger partial charge is 0.491 e. The predicted molar refractivity (Wildman–Crippen MR) is 122 cm³/mol. The average Bonchev–Trinajstić information content (AvgIpc) is 3.08. The van der Waals surface area contributed by atoms with Gasteiger partial charge in [0.1, 0.15) is 17.3 Å². The number of carbonyl (C=O) groups is 2. The second-order valence-corrected chi connectivity index (χ2v) is 7.91. The number of para-hydroxylation sites is 2. The first-order valence-electron chi connectivity index (χ1n) is 11.1. The number of anilines is 1. The Morgan fingerprint density at radius 1 is 0.906 bits per heavy atom. The van der Waals surface area contributed by atoms with Crippen LogP contribution in [-0.2, 0) is 9.59 Å². The van der Waals surface area contributed by atoms with Crippen LogP contribution in [0.5, 0.6) is 5.75 Å². The smallest absolute Gasteiger partial charge is 0.282 e. The molecule has 0 radical (unpaired) electrons. The second kappa shape index (κ2) is 9.53. The van der Waals surface area contributed by atoms with Gasteiger partial charge in [-0.05, 0) is 42.8 Å². The van der Waals surface area contributed by atoms with Crippen LogP contribution < -0.4 is 9.64 Å². The summed E-state index contributed by atoms with van der Waals surface area (Å²) in [6, 6.07) is 12.8. The maximum atomic E-state index is 13.7. The first kappa shape index (κ1) is 22.0. The first-order valence-corrected chi connectivity index (χ1v) is 11.1. The Morgan fingerprint density at radius 2 is 1.59 bits per heavy atom. The van der Waals surface area contributed by atoms with Crippen LogP contribution in [0.3, 0.4) is 0 Å². The molecule has 6 nitrogen and oxygen atoms in total. The van der Waals surface area contributed by atoms with Gasteiger partial charge >= 0.3 is 0 Å². The van der Waals surface area contributed by atoms with Gasteiger partial charge in [-0.15, -0.1) is 0 Å². The molecule has 0 saturated carbocycles. The minimum Gasteiger partial charge on any atom is -0.491 e. The molecule has 2 amide bonds. The van der Waals surface area contributed by atoms with Crippen molar-refractivity contribution in [1.82, 2.24) is 9.80 Å². The predicted octanol–water partition coefficient (Wildman–Crippen LogP) is 3.54. The zero-order chi connectivity index (χ0) is 22.7. The maximum Gasteiger partial charge on any atom is 0.282 e. The Hall–Kier alpha value is -3.19. The van der Waals surface area contributed by atoms with Crippen molar-refractivity contribution in [3.8, 4) is 5.75 Å². The van der Waals surface area contributed by atoms with Crippen molar-refractivity contribution in [2.45, 2.75) is 20.3 Å². The minimum atomic E-state index is -0.415. The summed E-state index contributed by atoms with van der Waals surface area (Å²) < 4.78 is 19.4. The van der Waals surface area contributed by atoms with Crippen LogP contribution >= 0.6 is 0 Å². The summed E-state index contributed by atoms with van der Waals surface area (Å²) in [5.74, 6) is -0.681. The van der Waals surface area contributed by atoms with Gasteiger partial charge in [-0.1, -0.05) is 38.1 Å². The monoisotopic (exact) mass is 437 g/mol. The number of rotatable bonds is 7. The van der Waals surface area contributed by atoms with Crippen LogP contribution in [0.1, 0.15) is 25.8 Å². The number of amides is 2. The Kier molecular flexibility index (Phi) is 6.55. The highest BCUT2D eigenvalue weighted by molar-refractivity contribution is 6.45. The van der Waals surface area contributed by atoms with Gasteiger partial charge in [-0.3, -0.25) is 9.59 Å². The van der Waals surface area contributed by atoms with E-state index in [2.05, 4.69) is 11.8 Å². The van der Waals surface area contributed by atoms with E-state index in [0.29, 0.717) is 48.0 Å². The van der Waals surface area contributed by atoms with E-state index >= 15 is 0 Å². The van der Waals surface area contributed by atoms with Gasteiger partial charge in [0.25, 0.3) is 11.8 Å². The summed E-state index contributed by atoms with van der Waals surface area (Å²) in [6.45, 7) is 8.46. The molecule has 0 bridgehead atoms. The van der Waals surface area contributed by atoms with Crippen LogP contribution in [0.2, 0.25) is 0 Å². The number of imide groups is 1. The van der Waals surface area contributed by atoms with Gasteiger partial charge in [0, 0.05) is 26.2 Å². The summed E-state index contributed by atoms with van der Waals surface area (Å²) >= 11 is 0. The van der Waals surface area contributed by atoms with Gasteiger partial charge in [0.05, 0.1) is 17.9 Å². The molecule has 0 aromatic heterocycles. The standard InChI is InChI=1S/C25H28FN3O3/c1-3-17-32-21-8-6-5-7-20(21)29-24(30)22(18-9-11-19(26)12-10-18)23(25(29)31)28-15-13-27(4-2)14-16-28/h5-12H,3-4,13-17H2,1-2H3. The molecule has 0 atom stereocenters. The lowest BCUT2D eigenvalue weighted by Gasteiger charge is -2.36. The number of hydrogen-bond donors (Lipinski definition) is 0. The Labute approximate surface area is 187 Å². The number of hydrogen-bond acceptors (Lipinski definition) is 5. The second-order valence-electron chi connectivity index (χ2n) is 7.91. The Balaban J connectivity index is 1.76. The third-order valence-electron chi connectivity index (χ3n) is 5.90. The van der Waals surface area contributed by atoms with E-state index in [1.54, 1.807) is 30.3 Å². The highest BCUT2D eigenvalue weighted by Crippen LogP contribution is 2.38. The van der Waals surface area contributed by atoms with Crippen LogP contribution in [0.4, 0.5) is 10.1 Å². The first-order chi connectivity index (χ1) is 15.5. The van der Waals surface area contributed by atoms with Crippen LogP contribution in [0.25, 0.3) is 5.57 Å². The summed E-state index contributed by atoms with van der Waals surface area (Å²) in [7, 11) is 0. The van der Waals surface area contributed by atoms with Crippen LogP contribution in [-0.4, -0.2) is 60.9 Å². The molecule has 2 aromatic rings. The van der Waals surface area contributed by atoms with Crippen molar-refractivity contribution in [1.29, 1.82) is 0 Å². The van der Waals surface area contributed by atoms with Crippen molar-refractivity contribution in [2.75, 3.05) is 44.2 Å². The summed E-state index contributed by atoms with van der Waals surface area (Å²) in [5.41, 5.74) is 1.65. The van der Waals surface area contributed by atoms with Crippen molar-refractivity contribution in [2.24, 2.45) is 0 Å². The van der Waals surface area contributed by atoms with Gasteiger partial charge in [0.2, 0.25) is 0 Å². The zero-order valence-corrected chi connectivity index (χ0v) is 18.5. The van der Waals surface area contributed by atoms with Crippen molar-refractivity contribution in [3.05, 3.63) is 65.6 Å². The van der Waals surface area contributed by atoms with E-state index in [9.17, 15) is 14.0 Å². The molecule has 0 N–H and O–H groups in total. The average molecular weight is 438 g/mol. The van der Waals surface area contributed by atoms with Gasteiger partial charge in [-0.25, -0.2) is 9.29 Å². The zero-order valence-electron chi connectivity index (χ0n) is 18.5. The lowest BCUT2D eigenvalue weighted by Crippen LogP contribution is -2.47. The number of carbonyl (C=O) groups excluding carboxylic acids is 2. The molecule has 4 rings (SSSR count). The number of nitrogens with zero attached hydrogens (tertiary/aromatic N) is 3. The van der Waals surface area contributed by atoms with E-state index in [1.165, 1.54) is 17.0 Å². The fourth-order valence-corrected chi connectivity index (χ4v) is 4.17. The Bertz CT molecular complexity index is 1030. The third kappa shape index (κ3) is 4.12. The lowest BCUT2D eigenvalue weighted by molar-refractivity contribution is -0.120. The highest BCUT2D eigenvalue weighted by atomic mass is 19.1. The van der Waals surface area contributed by atoms with E-state index in [4.69, 9.17) is 4.74 Å². The van der Waals surface area contributed by atoms with Gasteiger partial charge < -0.3 is 14.5 Å².